The zero-order valence-electron chi connectivity index (χ0n) is 11.4. The van der Waals surface area contributed by atoms with Crippen molar-refractivity contribution in [2.75, 3.05) is 0 Å². The van der Waals surface area contributed by atoms with Crippen molar-refractivity contribution in [3.8, 4) is 0 Å². The highest BCUT2D eigenvalue weighted by Gasteiger charge is 2.17. The van der Waals surface area contributed by atoms with E-state index in [0.717, 1.165) is 4.88 Å². The Morgan fingerprint density at radius 2 is 2.10 bits per heavy atom. The van der Waals surface area contributed by atoms with Gasteiger partial charge in [0.1, 0.15) is 0 Å². The molecule has 2 rings (SSSR count). The number of carbonyl (C=O) groups excluding carboxylic acids is 1. The van der Waals surface area contributed by atoms with E-state index < -0.39 is 4.92 Å². The number of non-ortho nitro benzene ring substituents is 1. The molecular weight excluding hydrogens is 312 g/mol. The molecule has 0 aliphatic rings. The molecule has 1 heterocycles. The van der Waals surface area contributed by atoms with Gasteiger partial charge in [-0.2, -0.15) is 0 Å². The third-order valence-corrected chi connectivity index (χ3v) is 4.44. The van der Waals surface area contributed by atoms with Gasteiger partial charge in [0.2, 0.25) is 0 Å². The molecule has 0 fully saturated rings. The Morgan fingerprint density at radius 1 is 1.38 bits per heavy atom. The highest BCUT2D eigenvalue weighted by Crippen LogP contribution is 2.25. The number of amides is 1. The number of hydrogen-bond donors (Lipinski definition) is 1. The highest BCUT2D eigenvalue weighted by molar-refractivity contribution is 7.12. The number of aryl methyl sites for hydroxylation is 1. The Labute approximate surface area is 130 Å². The van der Waals surface area contributed by atoms with Crippen LogP contribution in [0.1, 0.15) is 33.1 Å². The van der Waals surface area contributed by atoms with Crippen LogP contribution in [0.3, 0.4) is 0 Å². The van der Waals surface area contributed by atoms with Crippen LogP contribution in [0, 0.1) is 17.0 Å². The van der Waals surface area contributed by atoms with Crippen molar-refractivity contribution in [2.24, 2.45) is 0 Å². The first-order valence-electron chi connectivity index (χ1n) is 6.19. The predicted octanol–water partition coefficient (Wildman–Crippen LogP) is 4.11. The summed E-state index contributed by atoms with van der Waals surface area (Å²) in [5.41, 5.74) is 0.0841. The molecule has 0 bridgehead atoms. The molecule has 1 amide bonds. The summed E-state index contributed by atoms with van der Waals surface area (Å²) in [5.74, 6) is -0.353. The molecule has 0 aliphatic carbocycles. The van der Waals surface area contributed by atoms with E-state index in [9.17, 15) is 14.9 Å². The normalized spacial score (nSPS) is 12.0. The lowest BCUT2D eigenvalue weighted by Crippen LogP contribution is -2.26. The van der Waals surface area contributed by atoms with Gasteiger partial charge in [0, 0.05) is 21.9 Å². The van der Waals surface area contributed by atoms with Crippen LogP contribution in [0.25, 0.3) is 0 Å². The van der Waals surface area contributed by atoms with Gasteiger partial charge in [0.15, 0.2) is 0 Å². The monoisotopic (exact) mass is 324 g/mol. The zero-order chi connectivity index (χ0) is 15.6. The fourth-order valence-electron chi connectivity index (χ4n) is 1.83. The lowest BCUT2D eigenvalue weighted by molar-refractivity contribution is -0.384. The minimum absolute atomic E-state index is 0.0660. The van der Waals surface area contributed by atoms with Crippen LogP contribution in [0.2, 0.25) is 5.02 Å². The Kier molecular flexibility index (Phi) is 4.59. The molecule has 0 aliphatic heterocycles. The molecule has 1 unspecified atom stereocenters. The largest absolute Gasteiger partial charge is 0.345 e. The number of rotatable bonds is 4. The van der Waals surface area contributed by atoms with E-state index in [4.69, 9.17) is 11.6 Å². The summed E-state index contributed by atoms with van der Waals surface area (Å²) in [7, 11) is 0. The Morgan fingerprint density at radius 3 is 2.62 bits per heavy atom. The van der Waals surface area contributed by atoms with Crippen LogP contribution in [-0.2, 0) is 0 Å². The number of thiophene rings is 1. The van der Waals surface area contributed by atoms with Gasteiger partial charge in [-0.15, -0.1) is 11.3 Å². The smallest absolute Gasteiger partial charge is 0.270 e. The number of carbonyl (C=O) groups is 1. The summed E-state index contributed by atoms with van der Waals surface area (Å²) in [6.07, 6.45) is 0. The number of nitro groups is 1. The van der Waals surface area contributed by atoms with Crippen molar-refractivity contribution >= 4 is 34.5 Å². The lowest BCUT2D eigenvalue weighted by Gasteiger charge is -2.13. The maximum absolute atomic E-state index is 12.2. The van der Waals surface area contributed by atoms with E-state index in [2.05, 4.69) is 5.32 Å². The van der Waals surface area contributed by atoms with Crippen LogP contribution >= 0.6 is 22.9 Å². The minimum Gasteiger partial charge on any atom is -0.345 e. The molecule has 21 heavy (non-hydrogen) atoms. The molecular formula is C14H13ClN2O3S. The summed E-state index contributed by atoms with van der Waals surface area (Å²) in [6, 6.07) is 7.60. The SMILES string of the molecule is Cc1ccc(C(C)NC(=O)c2ccc([N+](=O)[O-])cc2Cl)s1. The number of benzene rings is 1. The first-order chi connectivity index (χ1) is 9.88. The first-order valence-corrected chi connectivity index (χ1v) is 7.39. The predicted molar refractivity (Wildman–Crippen MR) is 83.0 cm³/mol. The lowest BCUT2D eigenvalue weighted by atomic mass is 10.1. The van der Waals surface area contributed by atoms with Crippen LogP contribution in [0.5, 0.6) is 0 Å². The van der Waals surface area contributed by atoms with Crippen LogP contribution < -0.4 is 5.32 Å². The Balaban J connectivity index is 2.15. The van der Waals surface area contributed by atoms with Gasteiger partial charge < -0.3 is 5.32 Å². The topological polar surface area (TPSA) is 72.2 Å². The molecule has 1 aromatic carbocycles. The van der Waals surface area contributed by atoms with Crippen LogP contribution in [-0.4, -0.2) is 10.8 Å². The van der Waals surface area contributed by atoms with E-state index in [0.29, 0.717) is 0 Å². The van der Waals surface area contributed by atoms with Gasteiger partial charge in [-0.05, 0) is 32.0 Å². The average molecular weight is 325 g/mol. The molecule has 0 spiro atoms. The van der Waals surface area contributed by atoms with E-state index in [1.807, 2.05) is 26.0 Å². The Hall–Kier alpha value is -1.92. The van der Waals surface area contributed by atoms with Gasteiger partial charge in [0.25, 0.3) is 11.6 Å². The minimum atomic E-state index is -0.551. The number of halogens is 1. The fraction of sp³-hybridized carbons (Fsp3) is 0.214. The van der Waals surface area contributed by atoms with Crippen LogP contribution in [0.4, 0.5) is 5.69 Å². The van der Waals surface area contributed by atoms with Crippen molar-refractivity contribution in [2.45, 2.75) is 19.9 Å². The van der Waals surface area contributed by atoms with Gasteiger partial charge in [-0.3, -0.25) is 14.9 Å². The number of nitro benzene ring substituents is 1. The maximum Gasteiger partial charge on any atom is 0.270 e. The van der Waals surface area contributed by atoms with Gasteiger partial charge in [-0.25, -0.2) is 0 Å². The molecule has 0 radical (unpaired) electrons. The molecule has 1 atom stereocenters. The van der Waals surface area contributed by atoms with E-state index in [1.54, 1.807) is 11.3 Å². The number of nitrogens with one attached hydrogen (secondary N) is 1. The number of nitrogens with zero attached hydrogens (tertiary/aromatic N) is 1. The van der Waals surface area contributed by atoms with Gasteiger partial charge in [-0.1, -0.05) is 11.6 Å². The molecule has 0 saturated heterocycles. The molecule has 5 nitrogen and oxygen atoms in total. The Bertz CT molecular complexity index is 699. The standard InChI is InChI=1S/C14H13ClN2O3S/c1-8-3-6-13(21-8)9(2)16-14(18)11-5-4-10(17(19)20)7-12(11)15/h3-7,9H,1-2H3,(H,16,18). The number of hydrogen-bond acceptors (Lipinski definition) is 4. The summed E-state index contributed by atoms with van der Waals surface area (Å²) < 4.78 is 0. The van der Waals surface area contributed by atoms with Crippen molar-refractivity contribution in [1.29, 1.82) is 0 Å². The fourth-order valence-corrected chi connectivity index (χ4v) is 2.97. The molecule has 1 aromatic heterocycles. The molecule has 2 aromatic rings. The second-order valence-corrected chi connectivity index (χ2v) is 6.29. The van der Waals surface area contributed by atoms with Gasteiger partial charge >= 0.3 is 0 Å². The third-order valence-electron chi connectivity index (χ3n) is 2.94. The summed E-state index contributed by atoms with van der Waals surface area (Å²) in [6.45, 7) is 3.87. The van der Waals surface area contributed by atoms with Crippen LogP contribution in [0.15, 0.2) is 30.3 Å². The molecule has 0 saturated carbocycles. The van der Waals surface area contributed by atoms with Crippen molar-refractivity contribution in [1.82, 2.24) is 5.32 Å². The molecule has 7 heteroatoms. The highest BCUT2D eigenvalue weighted by atomic mass is 35.5. The average Bonchev–Trinajstić information content (AvgIpc) is 2.85. The van der Waals surface area contributed by atoms with E-state index in [-0.39, 0.29) is 28.2 Å². The quantitative estimate of drug-likeness (QED) is 0.679. The van der Waals surface area contributed by atoms with E-state index >= 15 is 0 Å². The van der Waals surface area contributed by atoms with Crippen molar-refractivity contribution in [3.63, 3.8) is 0 Å². The summed E-state index contributed by atoms with van der Waals surface area (Å²) in [4.78, 5) is 24.5. The van der Waals surface area contributed by atoms with Crippen molar-refractivity contribution < 1.29 is 9.72 Å². The summed E-state index contributed by atoms with van der Waals surface area (Å²) >= 11 is 7.55. The molecule has 1 N–H and O–H groups in total. The van der Waals surface area contributed by atoms with Gasteiger partial charge in [0.05, 0.1) is 21.6 Å². The molecule has 110 valence electrons. The van der Waals surface area contributed by atoms with E-state index in [1.165, 1.54) is 23.1 Å². The summed E-state index contributed by atoms with van der Waals surface area (Å²) in [5, 5.41) is 13.5. The second kappa shape index (κ2) is 6.24. The first kappa shape index (κ1) is 15.5. The third kappa shape index (κ3) is 3.59. The van der Waals surface area contributed by atoms with Crippen molar-refractivity contribution in [3.05, 3.63) is 60.8 Å². The maximum atomic E-state index is 12.2. The zero-order valence-corrected chi connectivity index (χ0v) is 13.0. The second-order valence-electron chi connectivity index (χ2n) is 4.56.